The van der Waals surface area contributed by atoms with Crippen LogP contribution in [0.25, 0.3) is 5.82 Å². The Balaban J connectivity index is 1.39. The lowest BCUT2D eigenvalue weighted by atomic mass is 9.97. The van der Waals surface area contributed by atoms with Gasteiger partial charge in [-0.15, -0.1) is 13.2 Å². The smallest absolute Gasteiger partial charge is 0.406 e. The molecule has 4 rings (SSSR count). The summed E-state index contributed by atoms with van der Waals surface area (Å²) in [5.41, 5.74) is 0.402. The second-order valence-electron chi connectivity index (χ2n) is 7.03. The lowest BCUT2D eigenvalue weighted by Gasteiger charge is -2.32. The van der Waals surface area contributed by atoms with Gasteiger partial charge in [0.15, 0.2) is 5.82 Å². The molecule has 8 nitrogen and oxygen atoms in total. The second-order valence-corrected chi connectivity index (χ2v) is 7.03. The molecule has 3 heterocycles. The molecule has 3 aromatic rings. The van der Waals surface area contributed by atoms with Crippen LogP contribution in [0.4, 0.5) is 24.7 Å². The first-order valence-corrected chi connectivity index (χ1v) is 9.61. The van der Waals surface area contributed by atoms with E-state index in [9.17, 15) is 18.0 Å². The normalized spacial score (nSPS) is 16.7. The first kappa shape index (κ1) is 20.6. The van der Waals surface area contributed by atoms with Crippen LogP contribution in [0, 0.1) is 5.92 Å². The van der Waals surface area contributed by atoms with Crippen molar-refractivity contribution in [2.45, 2.75) is 19.2 Å². The average Bonchev–Trinajstić information content (AvgIpc) is 3.29. The van der Waals surface area contributed by atoms with E-state index in [0.717, 1.165) is 25.1 Å². The minimum Gasteiger partial charge on any atom is -0.406 e. The van der Waals surface area contributed by atoms with Crippen molar-refractivity contribution in [3.8, 4) is 11.6 Å². The van der Waals surface area contributed by atoms with E-state index in [1.165, 1.54) is 18.5 Å². The van der Waals surface area contributed by atoms with Crippen LogP contribution >= 0.6 is 0 Å². The van der Waals surface area contributed by atoms with E-state index in [-0.39, 0.29) is 17.6 Å². The zero-order valence-electron chi connectivity index (χ0n) is 16.3. The summed E-state index contributed by atoms with van der Waals surface area (Å²) in [6.45, 7) is 1.22. The van der Waals surface area contributed by atoms with Gasteiger partial charge in [-0.1, -0.05) is 0 Å². The van der Waals surface area contributed by atoms with Crippen LogP contribution in [0.15, 0.2) is 55.1 Å². The Hall–Kier alpha value is -3.63. The van der Waals surface area contributed by atoms with Gasteiger partial charge in [0.2, 0.25) is 5.91 Å². The molecule has 0 radical (unpaired) electrons. The van der Waals surface area contributed by atoms with Crippen molar-refractivity contribution < 1.29 is 22.7 Å². The summed E-state index contributed by atoms with van der Waals surface area (Å²) in [7, 11) is 0. The second kappa shape index (κ2) is 8.62. The minimum absolute atomic E-state index is 0.199. The van der Waals surface area contributed by atoms with Gasteiger partial charge in [-0.2, -0.15) is 5.10 Å². The van der Waals surface area contributed by atoms with Crippen molar-refractivity contribution >= 4 is 17.4 Å². The number of carbonyl (C=O) groups excluding carboxylic acids is 1. The molecular formula is C20H19F3N6O2. The topological polar surface area (TPSA) is 85.2 Å². The summed E-state index contributed by atoms with van der Waals surface area (Å²) in [5.74, 6) is 0.499. The molecule has 0 unspecified atom stereocenters. The molecule has 0 spiro atoms. The number of piperidine rings is 1. The molecule has 31 heavy (non-hydrogen) atoms. The van der Waals surface area contributed by atoms with E-state index < -0.39 is 6.36 Å². The lowest BCUT2D eigenvalue weighted by molar-refractivity contribution is -0.274. The molecule has 1 atom stereocenters. The van der Waals surface area contributed by atoms with E-state index in [0.29, 0.717) is 30.3 Å². The highest BCUT2D eigenvalue weighted by molar-refractivity contribution is 5.93. The lowest BCUT2D eigenvalue weighted by Crippen LogP contribution is -2.41. The number of carbonyl (C=O) groups is 1. The van der Waals surface area contributed by atoms with E-state index in [1.807, 2.05) is 11.0 Å². The maximum atomic E-state index is 12.7. The number of hydrogen-bond acceptors (Lipinski definition) is 6. The van der Waals surface area contributed by atoms with Crippen LogP contribution in [-0.2, 0) is 4.79 Å². The van der Waals surface area contributed by atoms with Crippen molar-refractivity contribution in [2.24, 2.45) is 5.92 Å². The van der Waals surface area contributed by atoms with Gasteiger partial charge >= 0.3 is 6.36 Å². The Morgan fingerprint density at radius 1 is 1.16 bits per heavy atom. The Morgan fingerprint density at radius 3 is 2.65 bits per heavy atom. The quantitative estimate of drug-likeness (QED) is 0.665. The number of nitrogens with one attached hydrogen (secondary N) is 1. The molecular weight excluding hydrogens is 413 g/mol. The largest absolute Gasteiger partial charge is 0.573 e. The highest BCUT2D eigenvalue weighted by Gasteiger charge is 2.31. The third-order valence-corrected chi connectivity index (χ3v) is 4.85. The van der Waals surface area contributed by atoms with Gasteiger partial charge in [-0.3, -0.25) is 4.79 Å². The molecule has 1 fully saturated rings. The molecule has 1 N–H and O–H groups in total. The maximum Gasteiger partial charge on any atom is 0.573 e. The zero-order chi connectivity index (χ0) is 21.8. The number of halogens is 3. The van der Waals surface area contributed by atoms with Crippen LogP contribution in [-0.4, -0.2) is 45.1 Å². The number of benzene rings is 1. The molecule has 162 valence electrons. The molecule has 11 heteroatoms. The van der Waals surface area contributed by atoms with Crippen molar-refractivity contribution in [3.05, 3.63) is 55.1 Å². The van der Waals surface area contributed by atoms with Gasteiger partial charge < -0.3 is 15.0 Å². The van der Waals surface area contributed by atoms with Crippen LogP contribution in [0.3, 0.4) is 0 Å². The molecule has 0 bridgehead atoms. The van der Waals surface area contributed by atoms with E-state index >= 15 is 0 Å². The summed E-state index contributed by atoms with van der Waals surface area (Å²) in [4.78, 5) is 23.3. The van der Waals surface area contributed by atoms with Crippen molar-refractivity contribution in [2.75, 3.05) is 23.3 Å². The number of amides is 1. The molecule has 0 aliphatic carbocycles. The van der Waals surface area contributed by atoms with Crippen molar-refractivity contribution in [3.63, 3.8) is 0 Å². The van der Waals surface area contributed by atoms with Crippen LogP contribution in [0.2, 0.25) is 0 Å². The number of alkyl halides is 3. The molecule has 1 aromatic carbocycles. The average molecular weight is 432 g/mol. The predicted molar refractivity (Wildman–Crippen MR) is 106 cm³/mol. The summed E-state index contributed by atoms with van der Waals surface area (Å²) in [6, 6.07) is 8.68. The third-order valence-electron chi connectivity index (χ3n) is 4.85. The number of rotatable bonds is 5. The first-order valence-electron chi connectivity index (χ1n) is 9.61. The Labute approximate surface area is 175 Å². The monoisotopic (exact) mass is 432 g/mol. The fourth-order valence-electron chi connectivity index (χ4n) is 3.42. The fraction of sp³-hybridized carbons (Fsp3) is 0.300. The van der Waals surface area contributed by atoms with E-state index in [4.69, 9.17) is 0 Å². The van der Waals surface area contributed by atoms with Crippen LogP contribution in [0.1, 0.15) is 12.8 Å². The Bertz CT molecular complexity index is 1020. The highest BCUT2D eigenvalue weighted by atomic mass is 19.4. The van der Waals surface area contributed by atoms with Crippen molar-refractivity contribution in [1.82, 2.24) is 19.7 Å². The van der Waals surface area contributed by atoms with E-state index in [1.54, 1.807) is 23.1 Å². The molecule has 1 saturated heterocycles. The SMILES string of the molecule is O=C(Nc1ccc(OC(F)(F)F)cc1)[C@@H]1CCCN(c2cc(-n3cccn3)ncn2)C1. The minimum atomic E-state index is -4.76. The first-order chi connectivity index (χ1) is 14.9. The fourth-order valence-corrected chi connectivity index (χ4v) is 3.42. The summed E-state index contributed by atoms with van der Waals surface area (Å²) in [5, 5.41) is 6.92. The maximum absolute atomic E-state index is 12.7. The molecule has 2 aromatic heterocycles. The number of nitrogens with zero attached hydrogens (tertiary/aromatic N) is 5. The van der Waals surface area contributed by atoms with Crippen LogP contribution < -0.4 is 15.0 Å². The number of ether oxygens (including phenoxy) is 1. The zero-order valence-corrected chi connectivity index (χ0v) is 16.3. The number of aromatic nitrogens is 4. The summed E-state index contributed by atoms with van der Waals surface area (Å²) >= 11 is 0. The van der Waals surface area contributed by atoms with Crippen LogP contribution in [0.5, 0.6) is 5.75 Å². The molecule has 1 aliphatic heterocycles. The molecule has 0 saturated carbocycles. The Kier molecular flexibility index (Phi) is 5.74. The molecule has 1 amide bonds. The predicted octanol–water partition coefficient (Wildman–Crippen LogP) is 3.42. The van der Waals surface area contributed by atoms with Gasteiger partial charge in [0.1, 0.15) is 17.9 Å². The summed E-state index contributed by atoms with van der Waals surface area (Å²) in [6.07, 6.45) is 1.65. The van der Waals surface area contributed by atoms with Gasteiger partial charge in [-0.05, 0) is 43.2 Å². The number of anilines is 2. The van der Waals surface area contributed by atoms with E-state index in [2.05, 4.69) is 25.1 Å². The van der Waals surface area contributed by atoms with Gasteiger partial charge in [0.05, 0.1) is 5.92 Å². The Morgan fingerprint density at radius 2 is 1.94 bits per heavy atom. The third kappa shape index (κ3) is 5.30. The standard InChI is InChI=1S/C20H19F3N6O2/c21-20(22,23)31-16-6-4-15(5-7-16)27-19(30)14-3-1-9-28(12-14)17-11-18(25-13-24-17)29-10-2-8-26-29/h2,4-8,10-11,13-14H,1,3,9,12H2,(H,27,30)/t14-/m1/s1. The van der Waals surface area contributed by atoms with Gasteiger partial charge in [-0.25, -0.2) is 14.6 Å². The highest BCUT2D eigenvalue weighted by Crippen LogP contribution is 2.26. The molecule has 1 aliphatic rings. The van der Waals surface area contributed by atoms with Crippen molar-refractivity contribution in [1.29, 1.82) is 0 Å². The number of hydrogen-bond donors (Lipinski definition) is 1. The van der Waals surface area contributed by atoms with Gasteiger partial charge in [0.25, 0.3) is 0 Å². The van der Waals surface area contributed by atoms with Gasteiger partial charge in [0, 0.05) is 37.2 Å². The summed E-state index contributed by atoms with van der Waals surface area (Å²) < 4.78 is 42.3.